The van der Waals surface area contributed by atoms with E-state index in [2.05, 4.69) is 0 Å². The molecule has 228 valence electrons. The molecule has 1 aromatic heterocycles. The van der Waals surface area contributed by atoms with Crippen LogP contribution in [0.3, 0.4) is 0 Å². The fourth-order valence-corrected chi connectivity index (χ4v) is 4.60. The lowest BCUT2D eigenvalue weighted by molar-refractivity contribution is -0.307. The molecule has 0 amide bonds. The maximum atomic E-state index is 10.6. The third-order valence-corrected chi connectivity index (χ3v) is 6.94. The summed E-state index contributed by atoms with van der Waals surface area (Å²) in [5.41, 5.74) is -0.149. The Bertz CT molecular complexity index is 1420. The van der Waals surface area contributed by atoms with Crippen molar-refractivity contribution in [2.75, 3.05) is 13.2 Å². The third-order valence-electron chi connectivity index (χ3n) is 6.94. The molecule has 16 heteroatoms. The average molecular weight is 598 g/mol. The number of fused-ring (bicyclic) bond motifs is 1. The van der Waals surface area contributed by atoms with Crippen LogP contribution in [0.5, 0.6) is 34.5 Å². The Morgan fingerprint density at radius 2 is 1.40 bits per heavy atom. The molecule has 0 aliphatic carbocycles. The minimum Gasteiger partial charge on any atom is -0.507 e. The second kappa shape index (κ2) is 11.5. The summed E-state index contributed by atoms with van der Waals surface area (Å²) in [7, 11) is 0. The number of aliphatic hydroxyl groups excluding tert-OH is 6. The van der Waals surface area contributed by atoms with E-state index in [-0.39, 0.29) is 40.4 Å². The van der Waals surface area contributed by atoms with Gasteiger partial charge in [0.15, 0.2) is 23.5 Å². The van der Waals surface area contributed by atoms with Gasteiger partial charge in [0.05, 0.1) is 24.8 Å². The third kappa shape index (κ3) is 5.54. The molecule has 0 unspecified atom stereocenters. The fourth-order valence-electron chi connectivity index (χ4n) is 4.60. The van der Waals surface area contributed by atoms with Gasteiger partial charge in [0.25, 0.3) is 0 Å². The zero-order valence-electron chi connectivity index (χ0n) is 21.5. The second-order valence-corrected chi connectivity index (χ2v) is 9.90. The number of aromatic hydroxyl groups is 5. The van der Waals surface area contributed by atoms with Crippen LogP contribution in [0.4, 0.5) is 0 Å². The molecule has 2 saturated heterocycles. The highest BCUT2D eigenvalue weighted by Crippen LogP contribution is 2.44. The van der Waals surface area contributed by atoms with Gasteiger partial charge in [-0.25, -0.2) is 4.42 Å². The van der Waals surface area contributed by atoms with Crippen molar-refractivity contribution < 1.29 is 79.5 Å². The summed E-state index contributed by atoms with van der Waals surface area (Å²) in [6.07, 6.45) is -14.6. The Balaban J connectivity index is 1.46. The van der Waals surface area contributed by atoms with E-state index in [9.17, 15) is 56.2 Å². The molecule has 11 N–H and O–H groups in total. The first-order valence-electron chi connectivity index (χ1n) is 12.6. The van der Waals surface area contributed by atoms with E-state index in [1.807, 2.05) is 0 Å². The molecule has 3 aromatic rings. The zero-order valence-corrected chi connectivity index (χ0v) is 21.5. The summed E-state index contributed by atoms with van der Waals surface area (Å²) in [5, 5.41) is 111. The molecule has 9 atom stereocenters. The lowest BCUT2D eigenvalue weighted by atomic mass is 9.99. The molecule has 0 spiro atoms. The van der Waals surface area contributed by atoms with Gasteiger partial charge >= 0.3 is 11.3 Å². The lowest BCUT2D eigenvalue weighted by Gasteiger charge is -2.41. The number of aliphatic hydroxyl groups is 6. The van der Waals surface area contributed by atoms with Crippen LogP contribution in [0, 0.1) is 0 Å². The Hall–Kier alpha value is -3.71. The number of hydrogen-bond donors (Lipinski definition) is 11. The number of hydrogen-bond acceptors (Lipinski definition) is 15. The molecular formula is C26H29O16+. The Morgan fingerprint density at radius 1 is 0.738 bits per heavy atom. The molecule has 2 aromatic carbocycles. The highest BCUT2D eigenvalue weighted by molar-refractivity contribution is 5.88. The number of phenolic OH excluding ortho intramolecular Hbond substituents is 5. The van der Waals surface area contributed by atoms with Crippen molar-refractivity contribution in [2.45, 2.75) is 55.3 Å². The SMILES string of the molecule is Oc1cc(O)c2cc(O[C@@H]3O[C@H](CO[C@@H]4OC[C@@H](O)[C@H](O)[C@H]4O)[C@@H](O)[C@H](O)[C@H]3O)c(-c3cc(O)c(O)c(O)c3)[o+]c2c1. The topological polar surface area (TPSA) is 271 Å². The first-order valence-corrected chi connectivity index (χ1v) is 12.6. The van der Waals surface area contributed by atoms with Gasteiger partial charge in [-0.05, 0) is 0 Å². The standard InChI is InChI=1S/C26H28O16/c27-9-3-11(28)10-5-16(24(40-15(10)4-9)8-1-12(29)18(32)13(30)2-8)41-26-23(37)21(35)20(34)17(42-26)7-39-25-22(36)19(33)14(31)6-38-25/h1-5,14,17,19-23,25-26,31,33-37H,6-7H2,(H4-,27,28,29,30,32)/p+1/t14-,17-,19+,20-,21+,22-,23-,25+,26-/m1/s1. The van der Waals surface area contributed by atoms with E-state index >= 15 is 0 Å². The molecule has 0 radical (unpaired) electrons. The van der Waals surface area contributed by atoms with Crippen molar-refractivity contribution in [3.63, 3.8) is 0 Å². The fraction of sp³-hybridized carbons (Fsp3) is 0.423. The second-order valence-electron chi connectivity index (χ2n) is 9.90. The van der Waals surface area contributed by atoms with Gasteiger partial charge in [-0.2, -0.15) is 0 Å². The first kappa shape index (κ1) is 29.8. The smallest absolute Gasteiger partial charge is 0.402 e. The Kier molecular flexibility index (Phi) is 8.17. The quantitative estimate of drug-likeness (QED) is 0.115. The monoisotopic (exact) mass is 597 g/mol. The van der Waals surface area contributed by atoms with Crippen molar-refractivity contribution in [3.05, 3.63) is 30.3 Å². The van der Waals surface area contributed by atoms with Gasteiger partial charge in [-0.15, -0.1) is 0 Å². The van der Waals surface area contributed by atoms with Crippen LogP contribution in [0.15, 0.2) is 34.7 Å². The minimum absolute atomic E-state index is 0.00807. The zero-order chi connectivity index (χ0) is 30.5. The van der Waals surface area contributed by atoms with Crippen molar-refractivity contribution in [2.24, 2.45) is 0 Å². The Labute approximate surface area is 235 Å². The molecular weight excluding hydrogens is 568 g/mol. The van der Waals surface area contributed by atoms with Crippen molar-refractivity contribution in [1.82, 2.24) is 0 Å². The predicted molar refractivity (Wildman–Crippen MR) is 135 cm³/mol. The normalized spacial score (nSPS) is 31.7. The first-order chi connectivity index (χ1) is 19.8. The Morgan fingerprint density at radius 3 is 2.10 bits per heavy atom. The van der Waals surface area contributed by atoms with Crippen molar-refractivity contribution in [3.8, 4) is 45.8 Å². The molecule has 16 nitrogen and oxygen atoms in total. The number of rotatable bonds is 6. The van der Waals surface area contributed by atoms with Crippen molar-refractivity contribution >= 4 is 11.0 Å². The van der Waals surface area contributed by atoms with E-state index in [1.165, 1.54) is 6.07 Å². The van der Waals surface area contributed by atoms with Crippen LogP contribution < -0.4 is 4.74 Å². The molecule has 3 heterocycles. The maximum absolute atomic E-state index is 10.6. The summed E-state index contributed by atoms with van der Waals surface area (Å²) in [5.74, 6) is -3.64. The van der Waals surface area contributed by atoms with Crippen LogP contribution >= 0.6 is 0 Å². The van der Waals surface area contributed by atoms with Crippen LogP contribution in [0.25, 0.3) is 22.3 Å². The number of ether oxygens (including phenoxy) is 4. The van der Waals surface area contributed by atoms with Crippen LogP contribution in [-0.4, -0.2) is 125 Å². The lowest BCUT2D eigenvalue weighted by Crippen LogP contribution is -2.61. The number of phenols is 5. The van der Waals surface area contributed by atoms with Crippen molar-refractivity contribution in [1.29, 1.82) is 0 Å². The van der Waals surface area contributed by atoms with Gasteiger partial charge in [0, 0.05) is 24.3 Å². The van der Waals surface area contributed by atoms with E-state index in [0.717, 1.165) is 24.3 Å². The molecule has 2 aliphatic heterocycles. The molecule has 0 saturated carbocycles. The molecule has 0 bridgehead atoms. The van der Waals surface area contributed by atoms with Gasteiger partial charge in [-0.1, -0.05) is 0 Å². The van der Waals surface area contributed by atoms with E-state index in [0.29, 0.717) is 0 Å². The van der Waals surface area contributed by atoms with Crippen LogP contribution in [-0.2, 0) is 14.2 Å². The summed E-state index contributed by atoms with van der Waals surface area (Å²) in [4.78, 5) is 0. The highest BCUT2D eigenvalue weighted by atomic mass is 16.7. The van der Waals surface area contributed by atoms with Gasteiger partial charge in [0.2, 0.25) is 12.0 Å². The van der Waals surface area contributed by atoms with E-state index < -0.39 is 84.9 Å². The average Bonchev–Trinajstić information content (AvgIpc) is 2.94. The van der Waals surface area contributed by atoms with E-state index in [1.54, 1.807) is 0 Å². The van der Waals surface area contributed by atoms with Gasteiger partial charge < -0.3 is 75.1 Å². The summed E-state index contributed by atoms with van der Waals surface area (Å²) >= 11 is 0. The van der Waals surface area contributed by atoms with Gasteiger partial charge in [-0.3, -0.25) is 0 Å². The minimum atomic E-state index is -1.87. The van der Waals surface area contributed by atoms with Gasteiger partial charge in [0.1, 0.15) is 59.6 Å². The largest absolute Gasteiger partial charge is 0.507 e. The molecule has 2 aliphatic rings. The summed E-state index contributed by atoms with van der Waals surface area (Å²) in [6, 6.07) is 5.38. The molecule has 2 fully saturated rings. The predicted octanol–water partition coefficient (Wildman–Crippen LogP) is -1.45. The highest BCUT2D eigenvalue weighted by Gasteiger charge is 2.47. The molecule has 5 rings (SSSR count). The maximum Gasteiger partial charge on any atom is 0.402 e. The molecule has 42 heavy (non-hydrogen) atoms. The van der Waals surface area contributed by atoms with Crippen LogP contribution in [0.1, 0.15) is 0 Å². The number of benzene rings is 2. The van der Waals surface area contributed by atoms with E-state index in [4.69, 9.17) is 23.4 Å². The van der Waals surface area contributed by atoms with Crippen LogP contribution in [0.2, 0.25) is 0 Å². The summed E-state index contributed by atoms with van der Waals surface area (Å²) in [6.45, 7) is -0.907. The summed E-state index contributed by atoms with van der Waals surface area (Å²) < 4.78 is 27.8.